The Labute approximate surface area is 110 Å². The first-order valence-electron chi connectivity index (χ1n) is 5.49. The first-order valence-corrected chi connectivity index (χ1v) is 6.48. The summed E-state index contributed by atoms with van der Waals surface area (Å²) in [6.45, 7) is 3.63. The standard InChI is InChI=1S/C12H16N2O3S/c1-8(2)13-12(17)14-11(16)7-18-10-5-3-9(15)4-6-10/h3-6,8,15H,7H2,1-2H3,(H2,13,14,16,17). The van der Waals surface area contributed by atoms with E-state index in [1.54, 1.807) is 24.3 Å². The highest BCUT2D eigenvalue weighted by Crippen LogP contribution is 2.20. The summed E-state index contributed by atoms with van der Waals surface area (Å²) in [5, 5.41) is 13.9. The number of thioether (sulfide) groups is 1. The normalized spacial score (nSPS) is 10.2. The second-order valence-corrected chi connectivity index (χ2v) is 5.01. The van der Waals surface area contributed by atoms with Gasteiger partial charge in [0.15, 0.2) is 0 Å². The third-order valence-corrected chi connectivity index (χ3v) is 2.89. The van der Waals surface area contributed by atoms with Crippen molar-refractivity contribution in [3.05, 3.63) is 24.3 Å². The van der Waals surface area contributed by atoms with E-state index in [9.17, 15) is 9.59 Å². The fraction of sp³-hybridized carbons (Fsp3) is 0.333. The molecule has 3 N–H and O–H groups in total. The summed E-state index contributed by atoms with van der Waals surface area (Å²) in [6.07, 6.45) is 0. The van der Waals surface area contributed by atoms with Crippen molar-refractivity contribution < 1.29 is 14.7 Å². The highest BCUT2D eigenvalue weighted by Gasteiger charge is 2.08. The van der Waals surface area contributed by atoms with E-state index >= 15 is 0 Å². The fourth-order valence-electron chi connectivity index (χ4n) is 1.15. The molecule has 1 aromatic rings. The van der Waals surface area contributed by atoms with Gasteiger partial charge in [0.2, 0.25) is 5.91 Å². The number of hydrogen-bond donors (Lipinski definition) is 3. The van der Waals surface area contributed by atoms with Crippen molar-refractivity contribution in [3.8, 4) is 5.75 Å². The van der Waals surface area contributed by atoms with Crippen LogP contribution in [0.5, 0.6) is 5.75 Å². The maximum Gasteiger partial charge on any atom is 0.321 e. The molecule has 6 heteroatoms. The summed E-state index contributed by atoms with van der Waals surface area (Å²) in [4.78, 5) is 23.5. The van der Waals surface area contributed by atoms with Gasteiger partial charge in [-0.15, -0.1) is 11.8 Å². The lowest BCUT2D eigenvalue weighted by Crippen LogP contribution is -2.43. The Kier molecular flexibility index (Phi) is 5.51. The Bertz CT molecular complexity index is 418. The molecule has 0 spiro atoms. The number of hydrogen-bond acceptors (Lipinski definition) is 4. The van der Waals surface area contributed by atoms with Gasteiger partial charge < -0.3 is 10.4 Å². The van der Waals surface area contributed by atoms with Crippen LogP contribution in [0.2, 0.25) is 0 Å². The Hall–Kier alpha value is -1.69. The number of imide groups is 1. The van der Waals surface area contributed by atoms with Crippen LogP contribution in [0, 0.1) is 0 Å². The second-order valence-electron chi connectivity index (χ2n) is 3.96. The maximum atomic E-state index is 11.4. The molecular weight excluding hydrogens is 252 g/mol. The molecule has 0 aliphatic carbocycles. The van der Waals surface area contributed by atoms with Crippen LogP contribution in [0.25, 0.3) is 0 Å². The predicted octanol–water partition coefficient (Wildman–Crippen LogP) is 1.72. The minimum Gasteiger partial charge on any atom is -0.508 e. The van der Waals surface area contributed by atoms with Crippen LogP contribution in [-0.2, 0) is 4.79 Å². The lowest BCUT2D eigenvalue weighted by atomic mass is 10.3. The van der Waals surface area contributed by atoms with Crippen LogP contribution in [0.15, 0.2) is 29.2 Å². The number of phenolic OH excluding ortho intramolecular Hbond substituents is 1. The molecule has 1 rings (SSSR count). The SMILES string of the molecule is CC(C)NC(=O)NC(=O)CSc1ccc(O)cc1. The van der Waals surface area contributed by atoms with Gasteiger partial charge in [-0.05, 0) is 38.1 Å². The van der Waals surface area contributed by atoms with Crippen LogP contribution >= 0.6 is 11.8 Å². The van der Waals surface area contributed by atoms with Crippen LogP contribution in [0.4, 0.5) is 4.79 Å². The van der Waals surface area contributed by atoms with Crippen molar-refractivity contribution in [2.24, 2.45) is 0 Å². The Morgan fingerprint density at radius 3 is 2.44 bits per heavy atom. The van der Waals surface area contributed by atoms with E-state index in [2.05, 4.69) is 10.6 Å². The van der Waals surface area contributed by atoms with Gasteiger partial charge in [0, 0.05) is 10.9 Å². The molecule has 0 heterocycles. The van der Waals surface area contributed by atoms with Crippen molar-refractivity contribution in [2.45, 2.75) is 24.8 Å². The van der Waals surface area contributed by atoms with Gasteiger partial charge in [0.25, 0.3) is 0 Å². The molecule has 0 aliphatic rings. The third-order valence-electron chi connectivity index (χ3n) is 1.88. The maximum absolute atomic E-state index is 11.4. The monoisotopic (exact) mass is 268 g/mol. The lowest BCUT2D eigenvalue weighted by Gasteiger charge is -2.08. The number of amides is 3. The molecule has 0 unspecified atom stereocenters. The molecule has 18 heavy (non-hydrogen) atoms. The summed E-state index contributed by atoms with van der Waals surface area (Å²) in [5.74, 6) is -0.0256. The first-order chi connectivity index (χ1) is 8.47. The summed E-state index contributed by atoms with van der Waals surface area (Å²) in [7, 11) is 0. The minimum absolute atomic E-state index is 0.0115. The molecule has 0 atom stereocenters. The zero-order valence-corrected chi connectivity index (χ0v) is 11.1. The van der Waals surface area contributed by atoms with Crippen LogP contribution in [0.1, 0.15) is 13.8 Å². The molecule has 3 amide bonds. The van der Waals surface area contributed by atoms with E-state index < -0.39 is 6.03 Å². The van der Waals surface area contributed by atoms with Gasteiger partial charge in [-0.3, -0.25) is 10.1 Å². The third kappa shape index (κ3) is 5.58. The molecule has 98 valence electrons. The number of carbonyl (C=O) groups excluding carboxylic acids is 2. The quantitative estimate of drug-likeness (QED) is 0.726. The molecule has 0 aliphatic heterocycles. The first kappa shape index (κ1) is 14.4. The van der Waals surface area contributed by atoms with Crippen LogP contribution < -0.4 is 10.6 Å². The second kappa shape index (κ2) is 6.90. The Morgan fingerprint density at radius 1 is 1.28 bits per heavy atom. The van der Waals surface area contributed by atoms with Gasteiger partial charge in [-0.1, -0.05) is 0 Å². The smallest absolute Gasteiger partial charge is 0.321 e. The number of urea groups is 1. The summed E-state index contributed by atoms with van der Waals surface area (Å²) in [6, 6.07) is 6.02. The number of aromatic hydroxyl groups is 1. The lowest BCUT2D eigenvalue weighted by molar-refractivity contribution is -0.117. The van der Waals surface area contributed by atoms with E-state index in [-0.39, 0.29) is 23.5 Å². The molecule has 0 fully saturated rings. The molecule has 0 saturated heterocycles. The van der Waals surface area contributed by atoms with Gasteiger partial charge >= 0.3 is 6.03 Å². The zero-order chi connectivity index (χ0) is 13.5. The summed E-state index contributed by atoms with van der Waals surface area (Å²) in [5.41, 5.74) is 0. The molecule has 0 bridgehead atoms. The van der Waals surface area contributed by atoms with Crippen molar-refractivity contribution in [3.63, 3.8) is 0 Å². The van der Waals surface area contributed by atoms with Gasteiger partial charge in [-0.25, -0.2) is 4.79 Å². The van der Waals surface area contributed by atoms with E-state index in [0.29, 0.717) is 0 Å². The van der Waals surface area contributed by atoms with Crippen molar-refractivity contribution in [2.75, 3.05) is 5.75 Å². The topological polar surface area (TPSA) is 78.4 Å². The van der Waals surface area contributed by atoms with Crippen molar-refractivity contribution in [1.29, 1.82) is 0 Å². The van der Waals surface area contributed by atoms with Crippen molar-refractivity contribution in [1.82, 2.24) is 10.6 Å². The van der Waals surface area contributed by atoms with E-state index in [1.165, 1.54) is 11.8 Å². The highest BCUT2D eigenvalue weighted by atomic mass is 32.2. The van der Waals surface area contributed by atoms with Crippen LogP contribution in [-0.4, -0.2) is 28.8 Å². The summed E-state index contributed by atoms with van der Waals surface area (Å²) >= 11 is 1.29. The largest absolute Gasteiger partial charge is 0.508 e. The van der Waals surface area contributed by atoms with E-state index in [1.807, 2.05) is 13.8 Å². The number of nitrogens with one attached hydrogen (secondary N) is 2. The van der Waals surface area contributed by atoms with Crippen LogP contribution in [0.3, 0.4) is 0 Å². The average Bonchev–Trinajstić information content (AvgIpc) is 2.27. The Morgan fingerprint density at radius 2 is 1.89 bits per heavy atom. The predicted molar refractivity (Wildman–Crippen MR) is 70.6 cm³/mol. The van der Waals surface area contributed by atoms with Gasteiger partial charge in [0.05, 0.1) is 5.75 Å². The summed E-state index contributed by atoms with van der Waals surface area (Å²) < 4.78 is 0. The van der Waals surface area contributed by atoms with E-state index in [0.717, 1.165) is 4.90 Å². The molecule has 0 saturated carbocycles. The molecule has 0 aromatic heterocycles. The molecule has 5 nitrogen and oxygen atoms in total. The van der Waals surface area contributed by atoms with Gasteiger partial charge in [-0.2, -0.15) is 0 Å². The minimum atomic E-state index is -0.485. The van der Waals surface area contributed by atoms with Gasteiger partial charge in [0.1, 0.15) is 5.75 Å². The molecule has 1 aromatic carbocycles. The highest BCUT2D eigenvalue weighted by molar-refractivity contribution is 8.00. The Balaban J connectivity index is 2.33. The fourth-order valence-corrected chi connectivity index (χ4v) is 1.85. The number of phenols is 1. The van der Waals surface area contributed by atoms with E-state index in [4.69, 9.17) is 5.11 Å². The number of carbonyl (C=O) groups is 2. The molecule has 0 radical (unpaired) electrons. The average molecular weight is 268 g/mol. The number of rotatable bonds is 4. The molecular formula is C12H16N2O3S. The number of benzene rings is 1. The van der Waals surface area contributed by atoms with Crippen molar-refractivity contribution >= 4 is 23.7 Å². The zero-order valence-electron chi connectivity index (χ0n) is 10.3.